The lowest BCUT2D eigenvalue weighted by Gasteiger charge is -2.44. The summed E-state index contributed by atoms with van der Waals surface area (Å²) in [7, 11) is 1.76. The zero-order chi connectivity index (χ0) is 13.6. The third-order valence-corrected chi connectivity index (χ3v) is 4.54. The Balaban J connectivity index is 1.74. The van der Waals surface area contributed by atoms with E-state index in [-0.39, 0.29) is 18.5 Å². The molecule has 1 aromatic carbocycles. The van der Waals surface area contributed by atoms with Crippen LogP contribution in [0.15, 0.2) is 12.1 Å². The first-order chi connectivity index (χ1) is 9.80. The van der Waals surface area contributed by atoms with Gasteiger partial charge in [0.25, 0.3) is 0 Å². The van der Waals surface area contributed by atoms with Gasteiger partial charge in [0.2, 0.25) is 6.79 Å². The summed E-state index contributed by atoms with van der Waals surface area (Å²) in [6.07, 6.45) is 2.99. The number of methoxy groups -OCH3 is 1. The molecule has 0 radical (unpaired) electrons. The molecule has 3 aliphatic rings. The van der Waals surface area contributed by atoms with E-state index < -0.39 is 0 Å². The fourth-order valence-corrected chi connectivity index (χ4v) is 3.40. The van der Waals surface area contributed by atoms with Crippen LogP contribution in [0.2, 0.25) is 0 Å². The molecular formula is C15H19NO4. The Kier molecular flexibility index (Phi) is 2.79. The molecule has 0 bridgehead atoms. The topological polar surface area (TPSA) is 49.0 Å². The van der Waals surface area contributed by atoms with Crippen LogP contribution in [0.3, 0.4) is 0 Å². The van der Waals surface area contributed by atoms with Crippen LogP contribution < -0.4 is 19.5 Å². The predicted octanol–water partition coefficient (Wildman–Crippen LogP) is 2.01. The molecule has 0 saturated carbocycles. The van der Waals surface area contributed by atoms with Gasteiger partial charge in [0.1, 0.15) is 11.4 Å². The zero-order valence-corrected chi connectivity index (χ0v) is 11.6. The number of hydrogen-bond donors (Lipinski definition) is 1. The minimum absolute atomic E-state index is 0.0614. The van der Waals surface area contributed by atoms with Gasteiger partial charge in [-0.25, -0.2) is 0 Å². The molecule has 0 aliphatic carbocycles. The molecule has 1 N–H and O–H groups in total. The van der Waals surface area contributed by atoms with Crippen molar-refractivity contribution in [2.24, 2.45) is 0 Å². The summed E-state index contributed by atoms with van der Waals surface area (Å²) in [5.41, 5.74) is 0.966. The maximum atomic E-state index is 6.36. The second-order valence-electron chi connectivity index (χ2n) is 5.71. The average molecular weight is 277 g/mol. The Labute approximate surface area is 118 Å². The minimum atomic E-state index is -0.105. The molecule has 1 fully saturated rings. The van der Waals surface area contributed by atoms with Gasteiger partial charge in [-0.3, -0.25) is 0 Å². The number of piperidine rings is 1. The van der Waals surface area contributed by atoms with Crippen LogP contribution in [0.5, 0.6) is 17.2 Å². The molecule has 1 saturated heterocycles. The Morgan fingerprint density at radius 3 is 2.65 bits per heavy atom. The lowest BCUT2D eigenvalue weighted by molar-refractivity contribution is -0.0479. The molecule has 5 heteroatoms. The van der Waals surface area contributed by atoms with E-state index in [2.05, 4.69) is 5.32 Å². The second kappa shape index (κ2) is 4.53. The van der Waals surface area contributed by atoms with Crippen LogP contribution in [0, 0.1) is 0 Å². The first-order valence-electron chi connectivity index (χ1n) is 7.16. The molecule has 1 aromatic rings. The lowest BCUT2D eigenvalue weighted by atomic mass is 9.82. The molecule has 5 nitrogen and oxygen atoms in total. The molecule has 3 aliphatic heterocycles. The monoisotopic (exact) mass is 277 g/mol. The van der Waals surface area contributed by atoms with Gasteiger partial charge in [-0.15, -0.1) is 0 Å². The van der Waals surface area contributed by atoms with Crippen molar-refractivity contribution in [3.8, 4) is 17.2 Å². The maximum absolute atomic E-state index is 6.36. The quantitative estimate of drug-likeness (QED) is 0.851. The van der Waals surface area contributed by atoms with Crippen molar-refractivity contribution in [1.29, 1.82) is 0 Å². The number of fused-ring (bicyclic) bond motifs is 2. The normalized spacial score (nSPS) is 26.1. The van der Waals surface area contributed by atoms with Crippen molar-refractivity contribution in [2.45, 2.75) is 31.0 Å². The van der Waals surface area contributed by atoms with E-state index in [0.29, 0.717) is 0 Å². The highest BCUT2D eigenvalue weighted by atomic mass is 16.7. The Morgan fingerprint density at radius 1 is 1.15 bits per heavy atom. The summed E-state index contributed by atoms with van der Waals surface area (Å²) in [6, 6.07) is 3.95. The fourth-order valence-electron chi connectivity index (χ4n) is 3.40. The third-order valence-electron chi connectivity index (χ3n) is 4.54. The number of rotatable bonds is 1. The van der Waals surface area contributed by atoms with E-state index in [1.165, 1.54) is 0 Å². The maximum Gasteiger partial charge on any atom is 0.231 e. The van der Waals surface area contributed by atoms with Gasteiger partial charge in [-0.05, 0) is 32.0 Å². The van der Waals surface area contributed by atoms with E-state index in [1.807, 2.05) is 12.1 Å². The summed E-state index contributed by atoms with van der Waals surface area (Å²) >= 11 is 0. The highest BCUT2D eigenvalue weighted by Gasteiger charge is 2.42. The van der Waals surface area contributed by atoms with Crippen LogP contribution in [0.4, 0.5) is 0 Å². The van der Waals surface area contributed by atoms with E-state index in [1.54, 1.807) is 7.11 Å². The van der Waals surface area contributed by atoms with Crippen molar-refractivity contribution in [3.05, 3.63) is 17.7 Å². The smallest absolute Gasteiger partial charge is 0.231 e. The van der Waals surface area contributed by atoms with Gasteiger partial charge < -0.3 is 24.3 Å². The summed E-state index contributed by atoms with van der Waals surface area (Å²) in [4.78, 5) is 0. The van der Waals surface area contributed by atoms with Crippen molar-refractivity contribution in [3.63, 3.8) is 0 Å². The van der Waals surface area contributed by atoms with Crippen molar-refractivity contribution < 1.29 is 18.9 Å². The van der Waals surface area contributed by atoms with Gasteiger partial charge in [0, 0.05) is 25.2 Å². The standard InChI is InChI=1S/C15H19NO4/c1-17-14-8-15(2-4-16-5-3-15)20-11-7-13-12(6-10(11)14)18-9-19-13/h6-7,14,16H,2-5,8-9H2,1H3. The first kappa shape index (κ1) is 12.3. The molecule has 0 amide bonds. The van der Waals surface area contributed by atoms with Crippen LogP contribution in [0.1, 0.15) is 30.9 Å². The second-order valence-corrected chi connectivity index (χ2v) is 5.71. The SMILES string of the molecule is COC1CC2(CCNCC2)Oc2cc3c(cc21)OCO3. The van der Waals surface area contributed by atoms with E-state index in [4.69, 9.17) is 18.9 Å². The Hall–Kier alpha value is -1.46. The van der Waals surface area contributed by atoms with Gasteiger partial charge in [-0.2, -0.15) is 0 Å². The molecule has 1 spiro atoms. The lowest BCUT2D eigenvalue weighted by Crippen LogP contribution is -2.49. The highest BCUT2D eigenvalue weighted by molar-refractivity contribution is 5.53. The van der Waals surface area contributed by atoms with Crippen molar-refractivity contribution in [1.82, 2.24) is 5.32 Å². The highest BCUT2D eigenvalue weighted by Crippen LogP contribution is 2.49. The van der Waals surface area contributed by atoms with Crippen LogP contribution >= 0.6 is 0 Å². The fraction of sp³-hybridized carbons (Fsp3) is 0.600. The van der Waals surface area contributed by atoms with Gasteiger partial charge >= 0.3 is 0 Å². The molecule has 3 heterocycles. The summed E-state index contributed by atoms with van der Waals surface area (Å²) in [5, 5.41) is 3.39. The van der Waals surface area contributed by atoms with Crippen molar-refractivity contribution >= 4 is 0 Å². The number of nitrogens with one attached hydrogen (secondary N) is 1. The first-order valence-corrected chi connectivity index (χ1v) is 7.16. The average Bonchev–Trinajstić information content (AvgIpc) is 2.92. The molecular weight excluding hydrogens is 258 g/mol. The number of benzene rings is 1. The minimum Gasteiger partial charge on any atom is -0.487 e. The molecule has 0 aromatic heterocycles. The number of ether oxygens (including phenoxy) is 4. The summed E-state index contributed by atoms with van der Waals surface area (Å²) in [6.45, 7) is 2.28. The molecule has 20 heavy (non-hydrogen) atoms. The molecule has 4 rings (SSSR count). The van der Waals surface area contributed by atoms with Crippen LogP contribution in [-0.4, -0.2) is 32.6 Å². The number of hydrogen-bond acceptors (Lipinski definition) is 5. The Bertz CT molecular complexity index is 525. The predicted molar refractivity (Wildman–Crippen MR) is 72.4 cm³/mol. The molecule has 108 valence electrons. The zero-order valence-electron chi connectivity index (χ0n) is 11.6. The van der Waals surface area contributed by atoms with Gasteiger partial charge in [0.05, 0.1) is 6.10 Å². The van der Waals surface area contributed by atoms with Crippen LogP contribution in [-0.2, 0) is 4.74 Å². The summed E-state index contributed by atoms with van der Waals surface area (Å²) in [5.74, 6) is 2.44. The van der Waals surface area contributed by atoms with E-state index in [9.17, 15) is 0 Å². The molecule has 1 unspecified atom stereocenters. The van der Waals surface area contributed by atoms with Gasteiger partial charge in [-0.1, -0.05) is 0 Å². The van der Waals surface area contributed by atoms with Crippen LogP contribution in [0.25, 0.3) is 0 Å². The summed E-state index contributed by atoms with van der Waals surface area (Å²) < 4.78 is 23.0. The molecule has 1 atom stereocenters. The van der Waals surface area contributed by atoms with Gasteiger partial charge in [0.15, 0.2) is 11.5 Å². The van der Waals surface area contributed by atoms with Crippen molar-refractivity contribution in [2.75, 3.05) is 27.0 Å². The third kappa shape index (κ3) is 1.84. The van der Waals surface area contributed by atoms with E-state index in [0.717, 1.165) is 55.2 Å². The van der Waals surface area contributed by atoms with E-state index >= 15 is 0 Å². The largest absolute Gasteiger partial charge is 0.487 e. The Morgan fingerprint density at radius 2 is 1.90 bits per heavy atom.